The van der Waals surface area contributed by atoms with Crippen molar-refractivity contribution in [2.24, 2.45) is 0 Å². The first-order chi connectivity index (χ1) is 16.9. The van der Waals surface area contributed by atoms with Crippen LogP contribution in [0.5, 0.6) is 23.0 Å². The Balaban J connectivity index is 1.60. The van der Waals surface area contributed by atoms with Gasteiger partial charge in [0.25, 0.3) is 5.91 Å². The molecule has 2 heterocycles. The average molecular weight is 481 g/mol. The van der Waals surface area contributed by atoms with E-state index in [9.17, 15) is 9.59 Å². The lowest BCUT2D eigenvalue weighted by atomic mass is 10.0. The number of fused-ring (bicyclic) bond motifs is 1. The fourth-order valence-corrected chi connectivity index (χ4v) is 4.19. The van der Waals surface area contributed by atoms with E-state index in [0.717, 1.165) is 16.8 Å². The number of benzene rings is 2. The molecule has 1 aliphatic heterocycles. The van der Waals surface area contributed by atoms with Gasteiger partial charge in [0.1, 0.15) is 17.6 Å². The zero-order chi connectivity index (χ0) is 25.1. The molecule has 2 amide bonds. The van der Waals surface area contributed by atoms with Gasteiger partial charge in [0.2, 0.25) is 11.7 Å². The van der Waals surface area contributed by atoms with E-state index in [1.54, 1.807) is 23.9 Å². The van der Waals surface area contributed by atoms with Gasteiger partial charge in [-0.15, -0.1) is 0 Å². The van der Waals surface area contributed by atoms with Crippen molar-refractivity contribution < 1.29 is 28.5 Å². The van der Waals surface area contributed by atoms with Crippen molar-refractivity contribution in [3.63, 3.8) is 0 Å². The summed E-state index contributed by atoms with van der Waals surface area (Å²) in [4.78, 5) is 25.8. The highest BCUT2D eigenvalue weighted by atomic mass is 16.5. The molecule has 0 saturated carbocycles. The Morgan fingerprint density at radius 1 is 1.06 bits per heavy atom. The van der Waals surface area contributed by atoms with Crippen LogP contribution < -0.4 is 29.6 Å². The minimum atomic E-state index is -0.781. The molecule has 10 heteroatoms. The third-order valence-electron chi connectivity index (χ3n) is 5.84. The van der Waals surface area contributed by atoms with Crippen LogP contribution in [0.3, 0.4) is 0 Å². The molecule has 0 radical (unpaired) electrons. The maximum atomic E-state index is 12.9. The van der Waals surface area contributed by atoms with Crippen LogP contribution in [0.2, 0.25) is 0 Å². The molecule has 1 aromatic heterocycles. The molecule has 4 rings (SSSR count). The summed E-state index contributed by atoms with van der Waals surface area (Å²) in [5.74, 6) is 1.86. The topological polar surface area (TPSA) is 113 Å². The molecule has 1 aliphatic rings. The number of methoxy groups -OCH3 is 4. The molecule has 0 saturated heterocycles. The van der Waals surface area contributed by atoms with Gasteiger partial charge in [-0.1, -0.05) is 19.1 Å². The number of carbonyl (C=O) groups excluding carboxylic acids is 2. The van der Waals surface area contributed by atoms with Crippen LogP contribution in [0.1, 0.15) is 25.1 Å². The Kier molecular flexibility index (Phi) is 6.81. The van der Waals surface area contributed by atoms with E-state index in [0.29, 0.717) is 40.9 Å². The molecular formula is C25H28N4O6. The van der Waals surface area contributed by atoms with E-state index in [1.807, 2.05) is 31.2 Å². The number of ether oxygens (including phenoxy) is 4. The normalized spacial score (nSPS) is 14.2. The van der Waals surface area contributed by atoms with Crippen molar-refractivity contribution in [1.82, 2.24) is 9.78 Å². The summed E-state index contributed by atoms with van der Waals surface area (Å²) in [6.45, 7) is 2.00. The van der Waals surface area contributed by atoms with E-state index in [1.165, 1.54) is 21.3 Å². The second-order valence-electron chi connectivity index (χ2n) is 7.87. The highest BCUT2D eigenvalue weighted by Crippen LogP contribution is 2.41. The molecule has 184 valence electrons. The van der Waals surface area contributed by atoms with Gasteiger partial charge in [0, 0.05) is 23.4 Å². The molecule has 3 aromatic rings. The molecule has 0 aliphatic carbocycles. The molecule has 10 nitrogen and oxygen atoms in total. The number of rotatable bonds is 9. The predicted octanol–water partition coefficient (Wildman–Crippen LogP) is 3.67. The largest absolute Gasteiger partial charge is 0.497 e. The Morgan fingerprint density at radius 2 is 1.77 bits per heavy atom. The molecule has 2 N–H and O–H groups in total. The zero-order valence-electron chi connectivity index (χ0n) is 20.3. The number of nitrogens with zero attached hydrogens (tertiary/aromatic N) is 2. The van der Waals surface area contributed by atoms with Crippen molar-refractivity contribution >= 4 is 23.3 Å². The minimum Gasteiger partial charge on any atom is -0.497 e. The van der Waals surface area contributed by atoms with Gasteiger partial charge in [0.15, 0.2) is 11.5 Å². The number of carbonyl (C=O) groups is 2. The smallest absolute Gasteiger partial charge is 0.251 e. The summed E-state index contributed by atoms with van der Waals surface area (Å²) in [7, 11) is 6.10. The first-order valence-corrected chi connectivity index (χ1v) is 11.1. The Hall–Kier alpha value is -4.21. The van der Waals surface area contributed by atoms with E-state index >= 15 is 0 Å². The molecule has 35 heavy (non-hydrogen) atoms. The van der Waals surface area contributed by atoms with Crippen LogP contribution in [0.4, 0.5) is 11.5 Å². The number of hydrogen-bond donors (Lipinski definition) is 2. The molecule has 0 fully saturated rings. The van der Waals surface area contributed by atoms with Crippen molar-refractivity contribution in [2.75, 3.05) is 39.1 Å². The Bertz CT molecular complexity index is 1240. The first kappa shape index (κ1) is 23.9. The van der Waals surface area contributed by atoms with Gasteiger partial charge in [0.05, 0.1) is 40.6 Å². The number of amides is 2. The maximum Gasteiger partial charge on any atom is 0.251 e. The Labute approximate surface area is 203 Å². The maximum absolute atomic E-state index is 12.9. The lowest BCUT2D eigenvalue weighted by molar-refractivity contribution is -0.123. The molecule has 0 spiro atoms. The highest BCUT2D eigenvalue weighted by molar-refractivity contribution is 6.04. The predicted molar refractivity (Wildman–Crippen MR) is 131 cm³/mol. The van der Waals surface area contributed by atoms with Crippen LogP contribution in [-0.4, -0.2) is 50.0 Å². The van der Waals surface area contributed by atoms with Gasteiger partial charge < -0.3 is 29.6 Å². The van der Waals surface area contributed by atoms with Crippen molar-refractivity contribution in [1.29, 1.82) is 0 Å². The number of aryl methyl sites for hydroxylation is 1. The molecule has 1 atom stereocenters. The van der Waals surface area contributed by atoms with Gasteiger partial charge in [-0.25, -0.2) is 4.68 Å². The summed E-state index contributed by atoms with van der Waals surface area (Å²) >= 11 is 0. The SMILES string of the molecule is CCc1nn2c(c1-c1cccc(OC)c1)NC(=O)C2CC(=O)Nc1cc(OC)c(OC)c(OC)c1. The monoisotopic (exact) mass is 480 g/mol. The number of hydrogen-bond acceptors (Lipinski definition) is 7. The van der Waals surface area contributed by atoms with Crippen LogP contribution in [-0.2, 0) is 16.0 Å². The van der Waals surface area contributed by atoms with E-state index < -0.39 is 6.04 Å². The second kappa shape index (κ2) is 9.96. The standard InChI is InChI=1S/C25H28N4O6/c1-6-17-22(14-8-7-9-16(10-14)32-2)24-27-25(31)18(29(24)28-17)13-21(30)26-15-11-19(33-3)23(35-5)20(12-15)34-4/h7-12,18H,6,13H2,1-5H3,(H,26,30)(H,27,31). The fraction of sp³-hybridized carbons (Fsp3) is 0.320. The van der Waals surface area contributed by atoms with Crippen molar-refractivity contribution in [3.8, 4) is 34.1 Å². The lowest BCUT2D eigenvalue weighted by Gasteiger charge is -2.15. The summed E-state index contributed by atoms with van der Waals surface area (Å²) in [6.07, 6.45) is 0.560. The second-order valence-corrected chi connectivity index (χ2v) is 7.87. The fourth-order valence-electron chi connectivity index (χ4n) is 4.19. The lowest BCUT2D eigenvalue weighted by Crippen LogP contribution is -2.24. The molecular weight excluding hydrogens is 452 g/mol. The summed E-state index contributed by atoms with van der Waals surface area (Å²) in [5.41, 5.74) is 2.98. The van der Waals surface area contributed by atoms with Crippen molar-refractivity contribution in [3.05, 3.63) is 42.1 Å². The van der Waals surface area contributed by atoms with Crippen LogP contribution in [0, 0.1) is 0 Å². The third kappa shape index (κ3) is 4.46. The first-order valence-electron chi connectivity index (χ1n) is 11.1. The highest BCUT2D eigenvalue weighted by Gasteiger charge is 2.37. The summed E-state index contributed by atoms with van der Waals surface area (Å²) in [5, 5.41) is 10.4. The van der Waals surface area contributed by atoms with Gasteiger partial charge >= 0.3 is 0 Å². The number of anilines is 2. The summed E-state index contributed by atoms with van der Waals surface area (Å²) < 4.78 is 23.0. The summed E-state index contributed by atoms with van der Waals surface area (Å²) in [6, 6.07) is 10.1. The van der Waals surface area contributed by atoms with Crippen molar-refractivity contribution in [2.45, 2.75) is 25.8 Å². The third-order valence-corrected chi connectivity index (χ3v) is 5.84. The van der Waals surface area contributed by atoms with E-state index in [-0.39, 0.29) is 18.2 Å². The van der Waals surface area contributed by atoms with Gasteiger partial charge in [-0.3, -0.25) is 9.59 Å². The van der Waals surface area contributed by atoms with Gasteiger partial charge in [-0.2, -0.15) is 5.10 Å². The zero-order valence-corrected chi connectivity index (χ0v) is 20.3. The minimum absolute atomic E-state index is 0.0993. The van der Waals surface area contributed by atoms with E-state index in [2.05, 4.69) is 15.7 Å². The van der Waals surface area contributed by atoms with Gasteiger partial charge in [-0.05, 0) is 24.1 Å². The molecule has 1 unspecified atom stereocenters. The van der Waals surface area contributed by atoms with Crippen LogP contribution in [0.15, 0.2) is 36.4 Å². The van der Waals surface area contributed by atoms with Crippen LogP contribution in [0.25, 0.3) is 11.1 Å². The van der Waals surface area contributed by atoms with Crippen LogP contribution >= 0.6 is 0 Å². The average Bonchev–Trinajstić information content (AvgIpc) is 3.37. The molecule has 0 bridgehead atoms. The number of nitrogens with one attached hydrogen (secondary N) is 2. The molecule has 2 aromatic carbocycles. The number of aromatic nitrogens is 2. The Morgan fingerprint density at radius 3 is 2.37 bits per heavy atom. The quantitative estimate of drug-likeness (QED) is 0.480. The van der Waals surface area contributed by atoms with E-state index in [4.69, 9.17) is 18.9 Å².